The number of nitrogens with zero attached hydrogens (tertiary/aromatic N) is 2. The zero-order valence-electron chi connectivity index (χ0n) is 18.0. The minimum atomic E-state index is -0.0289. The van der Waals surface area contributed by atoms with Crippen molar-refractivity contribution in [2.75, 3.05) is 19.6 Å². The Balaban J connectivity index is 1.27. The smallest absolute Gasteiger partial charge is 0.255 e. The summed E-state index contributed by atoms with van der Waals surface area (Å²) in [5.74, 6) is 2.34. The standard InChI is InChI=1S/C26H29N3O2/c1-19-2-7-23(8-3-19)31-24-9-5-22(6-10-24)29-17-20(4-11-26(29)30)16-27-25-18-28-14-12-21(25)13-15-28/h2-11,17,21,25,27H,12-16,18H2,1H3. The molecular formula is C26H29N3O2. The summed E-state index contributed by atoms with van der Waals surface area (Å²) >= 11 is 0. The second-order valence-corrected chi connectivity index (χ2v) is 8.78. The predicted octanol–water partition coefficient (Wildman–Crippen LogP) is 4.12. The van der Waals surface area contributed by atoms with Gasteiger partial charge in [0.2, 0.25) is 0 Å². The number of rotatable bonds is 6. The van der Waals surface area contributed by atoms with E-state index in [9.17, 15) is 4.79 Å². The molecule has 3 aliphatic heterocycles. The first-order valence-corrected chi connectivity index (χ1v) is 11.2. The molecule has 2 bridgehead atoms. The van der Waals surface area contributed by atoms with Crippen molar-refractivity contribution >= 4 is 0 Å². The highest BCUT2D eigenvalue weighted by Crippen LogP contribution is 2.27. The molecule has 3 aliphatic rings. The molecular weight excluding hydrogens is 386 g/mol. The van der Waals surface area contributed by atoms with Crippen LogP contribution in [0.15, 0.2) is 71.7 Å². The number of pyridine rings is 1. The van der Waals surface area contributed by atoms with Gasteiger partial charge in [0.05, 0.1) is 0 Å². The van der Waals surface area contributed by atoms with E-state index in [1.807, 2.05) is 60.8 Å². The van der Waals surface area contributed by atoms with E-state index in [1.165, 1.54) is 31.5 Å². The molecule has 5 nitrogen and oxygen atoms in total. The summed E-state index contributed by atoms with van der Waals surface area (Å²) in [6.07, 6.45) is 4.55. The lowest BCUT2D eigenvalue weighted by molar-refractivity contribution is 0.0720. The number of aryl methyl sites for hydroxylation is 1. The number of hydrogen-bond acceptors (Lipinski definition) is 4. The average Bonchev–Trinajstić information content (AvgIpc) is 2.81. The Kier molecular flexibility index (Phi) is 5.62. The zero-order chi connectivity index (χ0) is 21.2. The summed E-state index contributed by atoms with van der Waals surface area (Å²) in [4.78, 5) is 15.0. The van der Waals surface area contributed by atoms with Crippen molar-refractivity contribution in [3.05, 3.63) is 88.3 Å². The maximum absolute atomic E-state index is 12.5. The summed E-state index contributed by atoms with van der Waals surface area (Å²) < 4.78 is 7.62. The van der Waals surface area contributed by atoms with Crippen LogP contribution in [-0.4, -0.2) is 35.1 Å². The number of ether oxygens (including phenoxy) is 1. The quantitative estimate of drug-likeness (QED) is 0.658. The highest BCUT2D eigenvalue weighted by atomic mass is 16.5. The normalized spacial score (nSPS) is 22.4. The van der Waals surface area contributed by atoms with Crippen molar-refractivity contribution in [3.8, 4) is 17.2 Å². The molecule has 3 fully saturated rings. The van der Waals surface area contributed by atoms with Gasteiger partial charge in [0.1, 0.15) is 11.5 Å². The molecule has 1 atom stereocenters. The summed E-state index contributed by atoms with van der Waals surface area (Å²) in [5.41, 5.74) is 3.13. The largest absolute Gasteiger partial charge is 0.457 e. The SMILES string of the molecule is Cc1ccc(Oc2ccc(-n3cc(CNC4CN5CCC4CC5)ccc3=O)cc2)cc1. The highest BCUT2D eigenvalue weighted by molar-refractivity contribution is 5.40. The van der Waals surface area contributed by atoms with Crippen LogP contribution in [0.1, 0.15) is 24.0 Å². The maximum Gasteiger partial charge on any atom is 0.255 e. The Morgan fingerprint density at radius 2 is 1.61 bits per heavy atom. The van der Waals surface area contributed by atoms with Crippen LogP contribution in [0, 0.1) is 12.8 Å². The minimum Gasteiger partial charge on any atom is -0.457 e. The van der Waals surface area contributed by atoms with Gasteiger partial charge in [-0.3, -0.25) is 9.36 Å². The number of hydrogen-bond donors (Lipinski definition) is 1. The Morgan fingerprint density at radius 3 is 2.26 bits per heavy atom. The van der Waals surface area contributed by atoms with Crippen LogP contribution < -0.4 is 15.6 Å². The molecule has 1 aromatic heterocycles. The van der Waals surface area contributed by atoms with Crippen LogP contribution in [0.4, 0.5) is 0 Å². The first-order chi connectivity index (χ1) is 15.1. The third-order valence-corrected chi connectivity index (χ3v) is 6.57. The first kappa shape index (κ1) is 20.0. The Labute approximate surface area is 183 Å². The van der Waals surface area contributed by atoms with E-state index in [2.05, 4.69) is 17.1 Å². The van der Waals surface area contributed by atoms with E-state index < -0.39 is 0 Å². The van der Waals surface area contributed by atoms with Crippen LogP contribution in [0.3, 0.4) is 0 Å². The minimum absolute atomic E-state index is 0.0289. The van der Waals surface area contributed by atoms with Gasteiger partial charge in [0.15, 0.2) is 0 Å². The molecule has 0 aliphatic carbocycles. The molecule has 0 spiro atoms. The van der Waals surface area contributed by atoms with E-state index >= 15 is 0 Å². The molecule has 0 radical (unpaired) electrons. The van der Waals surface area contributed by atoms with Gasteiger partial charge in [-0.05, 0) is 80.7 Å². The lowest BCUT2D eigenvalue weighted by atomic mass is 9.84. The molecule has 5 heteroatoms. The fourth-order valence-electron chi connectivity index (χ4n) is 4.70. The number of piperidine rings is 3. The van der Waals surface area contributed by atoms with Crippen molar-refractivity contribution in [2.24, 2.45) is 5.92 Å². The summed E-state index contributed by atoms with van der Waals surface area (Å²) in [6, 6.07) is 19.8. The topological polar surface area (TPSA) is 46.5 Å². The lowest BCUT2D eigenvalue weighted by Crippen LogP contribution is -2.55. The summed E-state index contributed by atoms with van der Waals surface area (Å²) in [7, 11) is 0. The number of aromatic nitrogens is 1. The van der Waals surface area contributed by atoms with Crippen molar-refractivity contribution in [1.29, 1.82) is 0 Å². The van der Waals surface area contributed by atoms with Gasteiger partial charge in [-0.15, -0.1) is 0 Å². The third-order valence-electron chi connectivity index (χ3n) is 6.57. The summed E-state index contributed by atoms with van der Waals surface area (Å²) in [6.45, 7) is 6.47. The molecule has 3 aromatic rings. The van der Waals surface area contributed by atoms with Gasteiger partial charge in [-0.1, -0.05) is 23.8 Å². The van der Waals surface area contributed by atoms with Crippen LogP contribution in [-0.2, 0) is 6.54 Å². The fraction of sp³-hybridized carbons (Fsp3) is 0.346. The molecule has 0 saturated carbocycles. The Morgan fingerprint density at radius 1 is 0.935 bits per heavy atom. The van der Waals surface area contributed by atoms with Crippen LogP contribution in [0.5, 0.6) is 11.5 Å². The third kappa shape index (κ3) is 4.58. The number of nitrogens with one attached hydrogen (secondary N) is 1. The molecule has 31 heavy (non-hydrogen) atoms. The molecule has 1 N–H and O–H groups in total. The van der Waals surface area contributed by atoms with Gasteiger partial charge in [0.25, 0.3) is 5.56 Å². The molecule has 160 valence electrons. The van der Waals surface area contributed by atoms with Crippen LogP contribution in [0.25, 0.3) is 5.69 Å². The van der Waals surface area contributed by atoms with E-state index in [-0.39, 0.29) is 5.56 Å². The summed E-state index contributed by atoms with van der Waals surface area (Å²) in [5, 5.41) is 3.73. The Bertz CT molecular complexity index is 1080. The molecule has 1 unspecified atom stereocenters. The van der Waals surface area contributed by atoms with E-state index in [1.54, 1.807) is 10.6 Å². The van der Waals surface area contributed by atoms with Gasteiger partial charge >= 0.3 is 0 Å². The number of benzene rings is 2. The lowest BCUT2D eigenvalue weighted by Gasteiger charge is -2.45. The van der Waals surface area contributed by atoms with Gasteiger partial charge in [-0.2, -0.15) is 0 Å². The molecule has 4 heterocycles. The molecule has 2 aromatic carbocycles. The Hall–Kier alpha value is -2.89. The van der Waals surface area contributed by atoms with Crippen LogP contribution >= 0.6 is 0 Å². The van der Waals surface area contributed by atoms with Crippen molar-refractivity contribution < 1.29 is 4.74 Å². The molecule has 3 saturated heterocycles. The number of fused-ring (bicyclic) bond motifs is 3. The van der Waals surface area contributed by atoms with E-state index in [4.69, 9.17) is 4.74 Å². The predicted molar refractivity (Wildman–Crippen MR) is 123 cm³/mol. The van der Waals surface area contributed by atoms with Crippen molar-refractivity contribution in [2.45, 2.75) is 32.4 Å². The van der Waals surface area contributed by atoms with Crippen molar-refractivity contribution in [1.82, 2.24) is 14.8 Å². The molecule has 0 amide bonds. The monoisotopic (exact) mass is 415 g/mol. The van der Waals surface area contributed by atoms with E-state index in [0.29, 0.717) is 6.04 Å². The zero-order valence-corrected chi connectivity index (χ0v) is 18.0. The maximum atomic E-state index is 12.5. The highest BCUT2D eigenvalue weighted by Gasteiger charge is 2.33. The van der Waals surface area contributed by atoms with Gasteiger partial charge < -0.3 is 15.0 Å². The van der Waals surface area contributed by atoms with Gasteiger partial charge in [-0.25, -0.2) is 0 Å². The first-order valence-electron chi connectivity index (χ1n) is 11.2. The second kappa shape index (κ2) is 8.69. The fourth-order valence-corrected chi connectivity index (χ4v) is 4.70. The van der Waals surface area contributed by atoms with E-state index in [0.717, 1.165) is 41.8 Å². The molecule has 6 rings (SSSR count). The second-order valence-electron chi connectivity index (χ2n) is 8.78. The average molecular weight is 416 g/mol. The van der Waals surface area contributed by atoms with Gasteiger partial charge in [0, 0.05) is 37.1 Å². The van der Waals surface area contributed by atoms with Crippen molar-refractivity contribution in [3.63, 3.8) is 0 Å². The van der Waals surface area contributed by atoms with Crippen LogP contribution in [0.2, 0.25) is 0 Å².